The molecule has 1 saturated carbocycles. The van der Waals surface area contributed by atoms with Crippen molar-refractivity contribution in [2.24, 2.45) is 11.3 Å². The van der Waals surface area contributed by atoms with Gasteiger partial charge >= 0.3 is 0 Å². The Bertz CT molecular complexity index is 274. The maximum absolute atomic E-state index is 4.03. The first-order valence-electron chi connectivity index (χ1n) is 7.28. The lowest BCUT2D eigenvalue weighted by Gasteiger charge is -2.39. The van der Waals surface area contributed by atoms with Gasteiger partial charge in [-0.15, -0.1) is 6.58 Å². The zero-order valence-electron chi connectivity index (χ0n) is 12.3. The van der Waals surface area contributed by atoms with E-state index in [0.29, 0.717) is 5.41 Å². The van der Waals surface area contributed by atoms with Crippen LogP contribution in [0.3, 0.4) is 0 Å². The van der Waals surface area contributed by atoms with Gasteiger partial charge in [0.1, 0.15) is 0 Å². The van der Waals surface area contributed by atoms with Crippen molar-refractivity contribution in [2.75, 3.05) is 0 Å². The van der Waals surface area contributed by atoms with E-state index in [-0.39, 0.29) is 0 Å². The summed E-state index contributed by atoms with van der Waals surface area (Å²) in [6, 6.07) is 0. The smallest absolute Gasteiger partial charge is 0.0116 e. The van der Waals surface area contributed by atoms with Crippen molar-refractivity contribution >= 4 is 0 Å². The summed E-state index contributed by atoms with van der Waals surface area (Å²) in [7, 11) is 0. The van der Waals surface area contributed by atoms with Crippen molar-refractivity contribution in [3.63, 3.8) is 0 Å². The summed E-state index contributed by atoms with van der Waals surface area (Å²) in [6.45, 7) is 13.3. The minimum Gasteiger partial charge on any atom is -0.100 e. The molecule has 1 aliphatic rings. The Morgan fingerprint density at radius 2 is 1.76 bits per heavy atom. The molecule has 0 bridgehead atoms. The fraction of sp³-hybridized carbons (Fsp3) is 0.765. The molecule has 0 N–H and O–H groups in total. The van der Waals surface area contributed by atoms with E-state index in [1.54, 1.807) is 5.57 Å². The van der Waals surface area contributed by atoms with Crippen LogP contribution in [0.5, 0.6) is 0 Å². The molecule has 17 heavy (non-hydrogen) atoms. The molecule has 0 unspecified atom stereocenters. The first-order valence-corrected chi connectivity index (χ1v) is 7.28. The molecule has 1 aliphatic carbocycles. The summed E-state index contributed by atoms with van der Waals surface area (Å²) < 4.78 is 0. The number of hydrogen-bond acceptors (Lipinski definition) is 0. The van der Waals surface area contributed by atoms with E-state index >= 15 is 0 Å². The van der Waals surface area contributed by atoms with Gasteiger partial charge in [0.15, 0.2) is 0 Å². The van der Waals surface area contributed by atoms with Crippen LogP contribution in [0, 0.1) is 11.3 Å². The van der Waals surface area contributed by atoms with Crippen LogP contribution in [0.2, 0.25) is 0 Å². The maximum atomic E-state index is 4.03. The molecular formula is C17H30. The van der Waals surface area contributed by atoms with Gasteiger partial charge in [0.05, 0.1) is 0 Å². The van der Waals surface area contributed by atoms with Gasteiger partial charge in [-0.25, -0.2) is 0 Å². The minimum atomic E-state index is 0.393. The molecule has 0 saturated heterocycles. The van der Waals surface area contributed by atoms with Crippen molar-refractivity contribution in [1.29, 1.82) is 0 Å². The molecule has 1 rings (SSSR count). The molecule has 0 nitrogen and oxygen atoms in total. The van der Waals surface area contributed by atoms with Crippen LogP contribution in [0.15, 0.2) is 23.8 Å². The van der Waals surface area contributed by atoms with Crippen molar-refractivity contribution in [3.05, 3.63) is 23.8 Å². The van der Waals surface area contributed by atoms with Gasteiger partial charge in [-0.2, -0.15) is 0 Å². The predicted molar refractivity (Wildman–Crippen MR) is 78.2 cm³/mol. The van der Waals surface area contributed by atoms with Crippen molar-refractivity contribution in [3.8, 4) is 0 Å². The van der Waals surface area contributed by atoms with E-state index in [2.05, 4.69) is 40.3 Å². The second-order valence-corrected chi connectivity index (χ2v) is 6.33. The van der Waals surface area contributed by atoms with Gasteiger partial charge < -0.3 is 0 Å². The minimum absolute atomic E-state index is 0.393. The first-order chi connectivity index (χ1) is 7.98. The van der Waals surface area contributed by atoms with Crippen LogP contribution in [0.4, 0.5) is 0 Å². The average molecular weight is 234 g/mol. The summed E-state index contributed by atoms with van der Waals surface area (Å²) >= 11 is 0. The summed E-state index contributed by atoms with van der Waals surface area (Å²) in [5, 5.41) is 0. The van der Waals surface area contributed by atoms with E-state index in [9.17, 15) is 0 Å². The Morgan fingerprint density at radius 3 is 2.24 bits per heavy atom. The standard InChI is InChI=1S/C17H30/c1-6-15(13-12-14(2)3)17(4,5)16-10-8-7-9-11-16/h6,16H,2,7-13H2,1,3-5H3. The van der Waals surface area contributed by atoms with Crippen LogP contribution < -0.4 is 0 Å². The Kier molecular flexibility index (Phi) is 5.49. The second-order valence-electron chi connectivity index (χ2n) is 6.33. The molecule has 0 aromatic rings. The van der Waals surface area contributed by atoms with Crippen LogP contribution in [-0.2, 0) is 0 Å². The highest BCUT2D eigenvalue weighted by Gasteiger charge is 2.32. The first kappa shape index (κ1) is 14.5. The molecule has 0 heterocycles. The molecule has 0 aliphatic heterocycles. The van der Waals surface area contributed by atoms with Gasteiger partial charge in [-0.1, -0.05) is 50.3 Å². The van der Waals surface area contributed by atoms with Crippen LogP contribution in [0.1, 0.15) is 72.6 Å². The van der Waals surface area contributed by atoms with E-state index in [4.69, 9.17) is 0 Å². The van der Waals surface area contributed by atoms with Crippen LogP contribution in [-0.4, -0.2) is 0 Å². The molecule has 0 aromatic heterocycles. The molecule has 0 radical (unpaired) electrons. The largest absolute Gasteiger partial charge is 0.100 e. The fourth-order valence-corrected chi connectivity index (χ4v) is 3.27. The summed E-state index contributed by atoms with van der Waals surface area (Å²) in [4.78, 5) is 0. The summed E-state index contributed by atoms with van der Waals surface area (Å²) in [5.41, 5.74) is 3.35. The average Bonchev–Trinajstić information content (AvgIpc) is 2.30. The Labute approximate surface area is 108 Å². The van der Waals surface area contributed by atoms with Crippen molar-refractivity contribution in [1.82, 2.24) is 0 Å². The number of allylic oxidation sites excluding steroid dienone is 3. The zero-order valence-corrected chi connectivity index (χ0v) is 12.3. The number of hydrogen-bond donors (Lipinski definition) is 0. The van der Waals surface area contributed by atoms with Gasteiger partial charge in [-0.05, 0) is 50.9 Å². The highest BCUT2D eigenvalue weighted by atomic mass is 14.4. The van der Waals surface area contributed by atoms with Crippen molar-refractivity contribution in [2.45, 2.75) is 72.6 Å². The SMILES string of the molecule is C=C(C)CCC(=CC)C(C)(C)C1CCCCC1. The van der Waals surface area contributed by atoms with Crippen LogP contribution >= 0.6 is 0 Å². The van der Waals surface area contributed by atoms with E-state index in [0.717, 1.165) is 12.3 Å². The van der Waals surface area contributed by atoms with Gasteiger partial charge in [-0.3, -0.25) is 0 Å². The Balaban J connectivity index is 2.67. The molecule has 0 spiro atoms. The molecular weight excluding hydrogens is 204 g/mol. The predicted octanol–water partition coefficient (Wildman–Crippen LogP) is 5.90. The molecule has 0 amide bonds. The quantitative estimate of drug-likeness (QED) is 0.520. The third-order valence-corrected chi connectivity index (χ3v) is 4.62. The third kappa shape index (κ3) is 4.01. The number of rotatable bonds is 5. The Hall–Kier alpha value is -0.520. The molecule has 98 valence electrons. The summed E-state index contributed by atoms with van der Waals surface area (Å²) in [5.74, 6) is 0.896. The third-order valence-electron chi connectivity index (χ3n) is 4.62. The van der Waals surface area contributed by atoms with E-state index < -0.39 is 0 Å². The monoisotopic (exact) mass is 234 g/mol. The lowest BCUT2D eigenvalue weighted by Crippen LogP contribution is -2.28. The Morgan fingerprint density at radius 1 is 1.18 bits per heavy atom. The maximum Gasteiger partial charge on any atom is -0.0116 e. The lowest BCUT2D eigenvalue weighted by molar-refractivity contribution is 0.192. The van der Waals surface area contributed by atoms with E-state index in [1.807, 2.05) is 0 Å². The fourth-order valence-electron chi connectivity index (χ4n) is 3.27. The highest BCUT2D eigenvalue weighted by molar-refractivity contribution is 5.15. The lowest BCUT2D eigenvalue weighted by atomic mass is 9.66. The summed E-state index contributed by atoms with van der Waals surface area (Å²) in [6.07, 6.45) is 11.9. The topological polar surface area (TPSA) is 0 Å². The molecule has 1 fully saturated rings. The zero-order chi connectivity index (χ0) is 12.9. The molecule has 0 heteroatoms. The highest BCUT2D eigenvalue weighted by Crippen LogP contribution is 2.44. The van der Waals surface area contributed by atoms with Gasteiger partial charge in [0.25, 0.3) is 0 Å². The van der Waals surface area contributed by atoms with Gasteiger partial charge in [0.2, 0.25) is 0 Å². The normalized spacial score (nSPS) is 19.4. The molecule has 0 aromatic carbocycles. The second kappa shape index (κ2) is 6.42. The van der Waals surface area contributed by atoms with E-state index in [1.165, 1.54) is 44.1 Å². The van der Waals surface area contributed by atoms with Crippen LogP contribution in [0.25, 0.3) is 0 Å². The van der Waals surface area contributed by atoms with Gasteiger partial charge in [0, 0.05) is 0 Å². The van der Waals surface area contributed by atoms with Crippen molar-refractivity contribution < 1.29 is 0 Å². The molecule has 0 atom stereocenters.